The fourth-order valence-corrected chi connectivity index (χ4v) is 3.29. The maximum absolute atomic E-state index is 12.7. The van der Waals surface area contributed by atoms with Crippen molar-refractivity contribution in [1.29, 1.82) is 0 Å². The first-order chi connectivity index (χ1) is 10.7. The van der Waals surface area contributed by atoms with Crippen LogP contribution in [0.4, 0.5) is 10.1 Å². The predicted octanol–water partition coefficient (Wildman–Crippen LogP) is 3.20. The summed E-state index contributed by atoms with van der Waals surface area (Å²) < 4.78 is 18.1. The van der Waals surface area contributed by atoms with E-state index in [1.54, 1.807) is 0 Å². The van der Waals surface area contributed by atoms with E-state index >= 15 is 0 Å². The van der Waals surface area contributed by atoms with E-state index in [9.17, 15) is 9.18 Å². The lowest BCUT2D eigenvalue weighted by molar-refractivity contribution is -0.118. The Kier molecular flexibility index (Phi) is 4.62. The van der Waals surface area contributed by atoms with E-state index in [-0.39, 0.29) is 31.1 Å². The van der Waals surface area contributed by atoms with Crippen LogP contribution >= 0.6 is 0 Å². The highest BCUT2D eigenvalue weighted by Gasteiger charge is 2.23. The van der Waals surface area contributed by atoms with E-state index in [0.717, 1.165) is 42.7 Å². The summed E-state index contributed by atoms with van der Waals surface area (Å²) in [5.41, 5.74) is 1.87. The van der Waals surface area contributed by atoms with Gasteiger partial charge in [-0.1, -0.05) is 6.07 Å². The monoisotopic (exact) mass is 306 g/mol. The molecule has 1 aromatic carbocycles. The molecule has 1 heterocycles. The van der Waals surface area contributed by atoms with E-state index < -0.39 is 0 Å². The molecule has 1 atom stereocenters. The Morgan fingerprint density at radius 3 is 2.86 bits per heavy atom. The van der Waals surface area contributed by atoms with Crippen molar-refractivity contribution >= 4 is 11.6 Å². The first-order valence-corrected chi connectivity index (χ1v) is 8.04. The molecule has 2 aliphatic rings. The summed E-state index contributed by atoms with van der Waals surface area (Å²) in [7, 11) is 0. The van der Waals surface area contributed by atoms with Gasteiger partial charge >= 0.3 is 0 Å². The van der Waals surface area contributed by atoms with Crippen molar-refractivity contribution < 1.29 is 13.9 Å². The van der Waals surface area contributed by atoms with Crippen LogP contribution in [0, 0.1) is 5.92 Å². The molecule has 1 unspecified atom stereocenters. The van der Waals surface area contributed by atoms with E-state index in [4.69, 9.17) is 4.74 Å². The van der Waals surface area contributed by atoms with E-state index in [1.807, 2.05) is 18.2 Å². The van der Waals surface area contributed by atoms with Crippen molar-refractivity contribution in [3.05, 3.63) is 23.8 Å². The average Bonchev–Trinajstić information content (AvgIpc) is 2.55. The summed E-state index contributed by atoms with van der Waals surface area (Å²) in [5.74, 6) is 0.872. The molecule has 1 aliphatic carbocycles. The van der Waals surface area contributed by atoms with Crippen LogP contribution < -0.4 is 15.4 Å². The summed E-state index contributed by atoms with van der Waals surface area (Å²) in [6.07, 6.45) is 4.02. The number of hydrogen-bond donors (Lipinski definition) is 2. The van der Waals surface area contributed by atoms with Crippen LogP contribution in [0.2, 0.25) is 0 Å². The standard InChI is InChI=1S/C17H23FN2O2/c1-11(19-14-5-2-12(9-18)3-6-14)13-4-7-15-16(8-13)22-10-17(21)20-15/h4,7-8,11-12,14,19H,2-3,5-6,9-10H2,1H3,(H,20,21). The molecule has 0 aromatic heterocycles. The molecule has 3 rings (SSSR count). The Bertz CT molecular complexity index is 541. The highest BCUT2D eigenvalue weighted by Crippen LogP contribution is 2.32. The molecule has 0 radical (unpaired) electrons. The minimum Gasteiger partial charge on any atom is -0.482 e. The fourth-order valence-electron chi connectivity index (χ4n) is 3.29. The molecule has 4 nitrogen and oxygen atoms in total. The number of fused-ring (bicyclic) bond motifs is 1. The number of benzene rings is 1. The van der Waals surface area contributed by atoms with Gasteiger partial charge in [0.15, 0.2) is 6.61 Å². The second-order valence-electron chi connectivity index (χ2n) is 6.35. The molecule has 1 aliphatic heterocycles. The van der Waals surface area contributed by atoms with Crippen LogP contribution in [-0.2, 0) is 4.79 Å². The minimum absolute atomic E-state index is 0.0749. The Morgan fingerprint density at radius 1 is 1.36 bits per heavy atom. The van der Waals surface area contributed by atoms with Gasteiger partial charge in [-0.3, -0.25) is 9.18 Å². The zero-order valence-electron chi connectivity index (χ0n) is 12.9. The van der Waals surface area contributed by atoms with Gasteiger partial charge in [0.2, 0.25) is 0 Å². The Hall–Kier alpha value is -1.62. The average molecular weight is 306 g/mol. The Morgan fingerprint density at radius 2 is 2.14 bits per heavy atom. The number of halogens is 1. The molecule has 2 N–H and O–H groups in total. The minimum atomic E-state index is -0.184. The highest BCUT2D eigenvalue weighted by molar-refractivity contribution is 5.95. The van der Waals surface area contributed by atoms with Gasteiger partial charge in [0.1, 0.15) is 5.75 Å². The fraction of sp³-hybridized carbons (Fsp3) is 0.588. The van der Waals surface area contributed by atoms with Gasteiger partial charge < -0.3 is 15.4 Å². The number of hydrogen-bond acceptors (Lipinski definition) is 3. The van der Waals surface area contributed by atoms with Crippen molar-refractivity contribution in [2.75, 3.05) is 18.6 Å². The zero-order valence-corrected chi connectivity index (χ0v) is 12.9. The Labute approximate surface area is 130 Å². The first kappa shape index (κ1) is 15.3. The lowest BCUT2D eigenvalue weighted by Crippen LogP contribution is -2.35. The van der Waals surface area contributed by atoms with E-state index in [0.29, 0.717) is 6.04 Å². The van der Waals surface area contributed by atoms with Crippen molar-refractivity contribution in [2.45, 2.75) is 44.7 Å². The summed E-state index contributed by atoms with van der Waals surface area (Å²) in [5, 5.41) is 6.43. The van der Waals surface area contributed by atoms with Crippen LogP contribution in [0.15, 0.2) is 18.2 Å². The normalized spacial score (nSPS) is 25.8. The molecular formula is C17H23FN2O2. The van der Waals surface area contributed by atoms with Gasteiger partial charge in [0.05, 0.1) is 12.4 Å². The van der Waals surface area contributed by atoms with Crippen molar-refractivity contribution in [3.63, 3.8) is 0 Å². The molecule has 0 saturated heterocycles. The van der Waals surface area contributed by atoms with Gasteiger partial charge in [-0.05, 0) is 56.2 Å². The molecular weight excluding hydrogens is 283 g/mol. The number of anilines is 1. The molecule has 0 spiro atoms. The molecule has 0 bridgehead atoms. The van der Waals surface area contributed by atoms with Gasteiger partial charge in [-0.25, -0.2) is 0 Å². The van der Waals surface area contributed by atoms with Crippen molar-refractivity contribution in [3.8, 4) is 5.75 Å². The molecule has 120 valence electrons. The first-order valence-electron chi connectivity index (χ1n) is 8.04. The smallest absolute Gasteiger partial charge is 0.262 e. The number of nitrogens with one attached hydrogen (secondary N) is 2. The summed E-state index contributed by atoms with van der Waals surface area (Å²) in [4.78, 5) is 11.3. The topological polar surface area (TPSA) is 50.4 Å². The summed E-state index contributed by atoms with van der Waals surface area (Å²) in [6, 6.07) is 6.55. The SMILES string of the molecule is CC(NC1CCC(CF)CC1)c1ccc2c(c1)OCC(=O)N2. The number of alkyl halides is 1. The number of carbonyl (C=O) groups excluding carboxylic acids is 1. The third-order valence-corrected chi connectivity index (χ3v) is 4.69. The van der Waals surface area contributed by atoms with Crippen LogP contribution in [0.1, 0.15) is 44.2 Å². The number of amides is 1. The largest absolute Gasteiger partial charge is 0.482 e. The summed E-state index contributed by atoms with van der Waals surface area (Å²) >= 11 is 0. The highest BCUT2D eigenvalue weighted by atomic mass is 19.1. The predicted molar refractivity (Wildman–Crippen MR) is 83.8 cm³/mol. The van der Waals surface area contributed by atoms with Gasteiger partial charge in [0, 0.05) is 12.1 Å². The molecule has 5 heteroatoms. The molecule has 1 aromatic rings. The molecule has 1 saturated carbocycles. The zero-order chi connectivity index (χ0) is 15.5. The van der Waals surface area contributed by atoms with Crippen LogP contribution in [-0.4, -0.2) is 25.2 Å². The quantitative estimate of drug-likeness (QED) is 0.898. The lowest BCUT2D eigenvalue weighted by Gasteiger charge is -2.30. The third-order valence-electron chi connectivity index (χ3n) is 4.69. The number of ether oxygens (including phenoxy) is 1. The maximum Gasteiger partial charge on any atom is 0.262 e. The van der Waals surface area contributed by atoms with Gasteiger partial charge in [-0.15, -0.1) is 0 Å². The van der Waals surface area contributed by atoms with E-state index in [2.05, 4.69) is 17.6 Å². The molecule has 1 fully saturated rings. The van der Waals surface area contributed by atoms with Gasteiger partial charge in [-0.2, -0.15) is 0 Å². The second kappa shape index (κ2) is 6.65. The summed E-state index contributed by atoms with van der Waals surface area (Å²) in [6.45, 7) is 2.02. The number of carbonyl (C=O) groups is 1. The lowest BCUT2D eigenvalue weighted by atomic mass is 9.86. The Balaban J connectivity index is 1.61. The molecule has 1 amide bonds. The molecule has 22 heavy (non-hydrogen) atoms. The van der Waals surface area contributed by atoms with Gasteiger partial charge in [0.25, 0.3) is 5.91 Å². The van der Waals surface area contributed by atoms with Crippen LogP contribution in [0.3, 0.4) is 0 Å². The second-order valence-corrected chi connectivity index (χ2v) is 6.35. The van der Waals surface area contributed by atoms with E-state index in [1.165, 1.54) is 0 Å². The number of rotatable bonds is 4. The van der Waals surface area contributed by atoms with Crippen molar-refractivity contribution in [2.24, 2.45) is 5.92 Å². The van der Waals surface area contributed by atoms with Crippen LogP contribution in [0.25, 0.3) is 0 Å². The van der Waals surface area contributed by atoms with Crippen LogP contribution in [0.5, 0.6) is 5.75 Å². The van der Waals surface area contributed by atoms with Crippen molar-refractivity contribution in [1.82, 2.24) is 5.32 Å². The third kappa shape index (κ3) is 3.40. The maximum atomic E-state index is 12.7.